The molecular weight excluding hydrogens is 326 g/mol. The number of nitrogens with one attached hydrogen (secondary N) is 1. The van der Waals surface area contributed by atoms with Gasteiger partial charge < -0.3 is 9.84 Å². The van der Waals surface area contributed by atoms with Crippen molar-refractivity contribution in [2.45, 2.75) is 19.4 Å². The number of aliphatic hydroxyl groups excluding tert-OH is 1. The maximum Gasteiger partial charge on any atom is 0.119 e. The Morgan fingerprint density at radius 3 is 3.08 bits per heavy atom. The molecule has 1 aliphatic rings. The van der Waals surface area contributed by atoms with E-state index in [0.717, 1.165) is 37.3 Å². The number of fused-ring (bicyclic) bond motifs is 1. The molecule has 2 N–H and O–H groups in total. The first kappa shape index (κ1) is 17.1. The van der Waals surface area contributed by atoms with Gasteiger partial charge in [-0.3, -0.25) is 10.00 Å². The third kappa shape index (κ3) is 4.06. The highest BCUT2D eigenvalue weighted by molar-refractivity contribution is 5.78. The molecule has 1 saturated heterocycles. The number of ether oxygens (including phenoxy) is 1. The molecule has 26 heavy (non-hydrogen) atoms. The minimum atomic E-state index is 0.0443. The molecule has 5 heteroatoms. The summed E-state index contributed by atoms with van der Waals surface area (Å²) >= 11 is 0. The van der Waals surface area contributed by atoms with Gasteiger partial charge in [0.15, 0.2) is 0 Å². The van der Waals surface area contributed by atoms with Gasteiger partial charge in [0, 0.05) is 18.5 Å². The van der Waals surface area contributed by atoms with E-state index in [0.29, 0.717) is 12.5 Å². The molecule has 0 bridgehead atoms. The average Bonchev–Trinajstić information content (AvgIpc) is 3.29. The first-order chi connectivity index (χ1) is 12.8. The summed E-state index contributed by atoms with van der Waals surface area (Å²) in [4.78, 5) is 2.52. The van der Waals surface area contributed by atoms with E-state index in [1.165, 1.54) is 22.9 Å². The molecule has 5 nitrogen and oxygen atoms in total. The van der Waals surface area contributed by atoms with Crippen LogP contribution < -0.4 is 4.74 Å². The molecule has 0 aliphatic carbocycles. The number of aromatic amines is 1. The Morgan fingerprint density at radius 2 is 2.15 bits per heavy atom. The number of H-pyrrole nitrogens is 1. The van der Waals surface area contributed by atoms with Crippen LogP contribution in [0.3, 0.4) is 0 Å². The number of rotatable bonds is 7. The van der Waals surface area contributed by atoms with Crippen LogP contribution in [-0.4, -0.2) is 46.5 Å². The molecule has 0 spiro atoms. The highest BCUT2D eigenvalue weighted by Gasteiger charge is 2.22. The van der Waals surface area contributed by atoms with Gasteiger partial charge in [-0.15, -0.1) is 0 Å². The molecule has 3 aromatic rings. The average molecular weight is 351 g/mol. The van der Waals surface area contributed by atoms with Crippen molar-refractivity contribution in [3.63, 3.8) is 0 Å². The first-order valence-corrected chi connectivity index (χ1v) is 9.27. The number of aliphatic hydroxyl groups is 1. The van der Waals surface area contributed by atoms with Gasteiger partial charge in [0.25, 0.3) is 0 Å². The van der Waals surface area contributed by atoms with E-state index in [2.05, 4.69) is 45.4 Å². The van der Waals surface area contributed by atoms with Crippen molar-refractivity contribution in [2.24, 2.45) is 5.92 Å². The summed E-state index contributed by atoms with van der Waals surface area (Å²) < 4.78 is 5.51. The minimum absolute atomic E-state index is 0.0443. The van der Waals surface area contributed by atoms with E-state index in [-0.39, 0.29) is 6.61 Å². The first-order valence-electron chi connectivity index (χ1n) is 9.27. The van der Waals surface area contributed by atoms with Gasteiger partial charge in [0.1, 0.15) is 12.4 Å². The van der Waals surface area contributed by atoms with Crippen LogP contribution in [0, 0.1) is 5.92 Å². The maximum absolute atomic E-state index is 8.88. The van der Waals surface area contributed by atoms with Crippen LogP contribution in [-0.2, 0) is 13.0 Å². The zero-order valence-corrected chi connectivity index (χ0v) is 14.9. The predicted octanol–water partition coefficient (Wildman–Crippen LogP) is 3.00. The summed E-state index contributed by atoms with van der Waals surface area (Å²) in [6, 6.07) is 14.8. The number of benzene rings is 2. The number of nitrogens with zero attached hydrogens (tertiary/aromatic N) is 2. The van der Waals surface area contributed by atoms with E-state index in [1.54, 1.807) is 0 Å². The second-order valence-electron chi connectivity index (χ2n) is 7.11. The molecule has 2 heterocycles. The summed E-state index contributed by atoms with van der Waals surface area (Å²) in [6.45, 7) is 3.61. The molecule has 0 amide bonds. The molecule has 1 fully saturated rings. The Labute approximate surface area is 153 Å². The Hall–Kier alpha value is -2.37. The lowest BCUT2D eigenvalue weighted by Gasteiger charge is -2.17. The normalized spacial score (nSPS) is 17.8. The van der Waals surface area contributed by atoms with Crippen LogP contribution in [0.4, 0.5) is 0 Å². The van der Waals surface area contributed by atoms with Crippen LogP contribution >= 0.6 is 0 Å². The Balaban J connectivity index is 1.33. The van der Waals surface area contributed by atoms with Crippen molar-refractivity contribution in [2.75, 3.05) is 26.3 Å². The smallest absolute Gasteiger partial charge is 0.119 e. The third-order valence-electron chi connectivity index (χ3n) is 5.06. The lowest BCUT2D eigenvalue weighted by molar-refractivity contribution is 0.201. The summed E-state index contributed by atoms with van der Waals surface area (Å²) in [5.74, 6) is 1.54. The minimum Gasteiger partial charge on any atom is -0.491 e. The zero-order valence-electron chi connectivity index (χ0n) is 14.9. The molecule has 1 unspecified atom stereocenters. The summed E-state index contributed by atoms with van der Waals surface area (Å²) in [7, 11) is 0. The highest BCUT2D eigenvalue weighted by Crippen LogP contribution is 2.25. The summed E-state index contributed by atoms with van der Waals surface area (Å²) in [5.41, 5.74) is 3.76. The Kier molecular flexibility index (Phi) is 5.18. The molecule has 1 aliphatic heterocycles. The summed E-state index contributed by atoms with van der Waals surface area (Å²) in [5, 5.41) is 17.2. The van der Waals surface area contributed by atoms with Gasteiger partial charge in [-0.2, -0.15) is 5.10 Å². The van der Waals surface area contributed by atoms with Crippen molar-refractivity contribution in [3.8, 4) is 5.75 Å². The lowest BCUT2D eigenvalue weighted by atomic mass is 9.98. The van der Waals surface area contributed by atoms with Gasteiger partial charge in [-0.05, 0) is 60.7 Å². The van der Waals surface area contributed by atoms with E-state index in [4.69, 9.17) is 9.84 Å². The van der Waals surface area contributed by atoms with E-state index in [1.807, 2.05) is 18.3 Å². The summed E-state index contributed by atoms with van der Waals surface area (Å²) in [6.07, 6.45) is 4.26. The Morgan fingerprint density at radius 1 is 1.19 bits per heavy atom. The fraction of sp³-hybridized carbons (Fsp3) is 0.381. The van der Waals surface area contributed by atoms with Crippen LogP contribution in [0.1, 0.15) is 17.5 Å². The number of aromatic nitrogens is 2. The fourth-order valence-electron chi connectivity index (χ4n) is 3.83. The largest absolute Gasteiger partial charge is 0.491 e. The SMILES string of the molecule is OCCOc1cccc(CN2CCC(Cc3ccc4[nH]ncc4c3)C2)c1. The standard InChI is InChI=1S/C21H25N3O2/c25-8-9-26-20-3-1-2-17(12-20)14-24-7-6-18(15-24)10-16-4-5-21-19(11-16)13-22-23-21/h1-5,11-13,18,25H,6-10,14-15H2,(H,22,23). The van der Waals surface area contributed by atoms with Crippen molar-refractivity contribution in [1.29, 1.82) is 0 Å². The monoisotopic (exact) mass is 351 g/mol. The predicted molar refractivity (Wildman–Crippen MR) is 102 cm³/mol. The topological polar surface area (TPSA) is 61.4 Å². The van der Waals surface area contributed by atoms with Gasteiger partial charge in [0.2, 0.25) is 0 Å². The van der Waals surface area contributed by atoms with E-state index in [9.17, 15) is 0 Å². The van der Waals surface area contributed by atoms with E-state index >= 15 is 0 Å². The molecule has 0 saturated carbocycles. The number of hydrogen-bond acceptors (Lipinski definition) is 4. The second kappa shape index (κ2) is 7.89. The van der Waals surface area contributed by atoms with Gasteiger partial charge >= 0.3 is 0 Å². The van der Waals surface area contributed by atoms with E-state index < -0.39 is 0 Å². The molecule has 0 radical (unpaired) electrons. The molecule has 1 aromatic heterocycles. The van der Waals surface area contributed by atoms with Gasteiger partial charge in [0.05, 0.1) is 18.3 Å². The van der Waals surface area contributed by atoms with Crippen molar-refractivity contribution < 1.29 is 9.84 Å². The van der Waals surface area contributed by atoms with Crippen LogP contribution in [0.15, 0.2) is 48.7 Å². The second-order valence-corrected chi connectivity index (χ2v) is 7.11. The fourth-order valence-corrected chi connectivity index (χ4v) is 3.83. The molecule has 4 rings (SSSR count). The molecule has 2 aromatic carbocycles. The van der Waals surface area contributed by atoms with Crippen LogP contribution in [0.2, 0.25) is 0 Å². The van der Waals surface area contributed by atoms with Gasteiger partial charge in [-0.1, -0.05) is 18.2 Å². The van der Waals surface area contributed by atoms with Crippen LogP contribution in [0.5, 0.6) is 5.75 Å². The number of hydrogen-bond donors (Lipinski definition) is 2. The number of likely N-dealkylation sites (tertiary alicyclic amines) is 1. The molecular formula is C21H25N3O2. The zero-order chi connectivity index (χ0) is 17.8. The lowest BCUT2D eigenvalue weighted by Crippen LogP contribution is -2.20. The Bertz CT molecular complexity index is 861. The maximum atomic E-state index is 8.88. The molecule has 136 valence electrons. The quantitative estimate of drug-likeness (QED) is 0.687. The molecule has 1 atom stereocenters. The van der Waals surface area contributed by atoms with Crippen LogP contribution in [0.25, 0.3) is 10.9 Å². The highest BCUT2D eigenvalue weighted by atomic mass is 16.5. The van der Waals surface area contributed by atoms with Crippen molar-refractivity contribution >= 4 is 10.9 Å². The third-order valence-corrected chi connectivity index (χ3v) is 5.06. The van der Waals surface area contributed by atoms with Crippen molar-refractivity contribution in [1.82, 2.24) is 15.1 Å². The van der Waals surface area contributed by atoms with Gasteiger partial charge in [-0.25, -0.2) is 0 Å². The van der Waals surface area contributed by atoms with Crippen molar-refractivity contribution in [3.05, 3.63) is 59.8 Å².